The number of hydrogen-bond donors (Lipinski definition) is 1. The maximum atomic E-state index is 6.10. The third kappa shape index (κ3) is 3.83. The van der Waals surface area contributed by atoms with Crippen molar-refractivity contribution in [2.45, 2.75) is 46.2 Å². The summed E-state index contributed by atoms with van der Waals surface area (Å²) in [5.41, 5.74) is 8.56. The molecule has 0 bridgehead atoms. The van der Waals surface area contributed by atoms with Gasteiger partial charge in [-0.1, -0.05) is 13.8 Å². The third-order valence-corrected chi connectivity index (χ3v) is 3.66. The second-order valence-electron chi connectivity index (χ2n) is 3.92. The van der Waals surface area contributed by atoms with Gasteiger partial charge >= 0.3 is 0 Å². The maximum absolute atomic E-state index is 6.10. The Morgan fingerprint density at radius 1 is 1.44 bits per heavy atom. The van der Waals surface area contributed by atoms with Crippen molar-refractivity contribution in [1.29, 1.82) is 0 Å². The van der Waals surface area contributed by atoms with Gasteiger partial charge in [-0.2, -0.15) is 16.9 Å². The minimum Gasteiger partial charge on any atom is -0.327 e. The molecule has 0 aliphatic rings. The van der Waals surface area contributed by atoms with Gasteiger partial charge in [0.15, 0.2) is 0 Å². The maximum Gasteiger partial charge on any atom is 0.0624 e. The summed E-state index contributed by atoms with van der Waals surface area (Å²) >= 11 is 1.91. The lowest BCUT2D eigenvalue weighted by Crippen LogP contribution is -2.27. The topological polar surface area (TPSA) is 43.8 Å². The predicted octanol–water partition coefficient (Wildman–Crippen LogP) is 2.09. The van der Waals surface area contributed by atoms with E-state index in [2.05, 4.69) is 36.6 Å². The van der Waals surface area contributed by atoms with E-state index in [1.807, 2.05) is 11.8 Å². The molecule has 92 valence electrons. The molecule has 16 heavy (non-hydrogen) atoms. The summed E-state index contributed by atoms with van der Waals surface area (Å²) < 4.78 is 2.08. The Hall–Kier alpha value is -0.480. The minimum atomic E-state index is 0.247. The molecule has 0 spiro atoms. The van der Waals surface area contributed by atoms with E-state index in [1.54, 1.807) is 0 Å². The van der Waals surface area contributed by atoms with Crippen LogP contribution in [0.1, 0.15) is 32.2 Å². The number of hydrogen-bond acceptors (Lipinski definition) is 3. The Kier molecular flexibility index (Phi) is 5.91. The molecule has 1 aromatic heterocycles. The summed E-state index contributed by atoms with van der Waals surface area (Å²) in [6.45, 7) is 7.37. The molecular weight excluding hydrogens is 218 g/mol. The van der Waals surface area contributed by atoms with Crippen molar-refractivity contribution in [3.63, 3.8) is 0 Å². The first-order valence-corrected chi connectivity index (χ1v) is 7.25. The second-order valence-corrected chi connectivity index (χ2v) is 5.24. The van der Waals surface area contributed by atoms with E-state index in [0.717, 1.165) is 30.9 Å². The minimum absolute atomic E-state index is 0.247. The van der Waals surface area contributed by atoms with Crippen LogP contribution < -0.4 is 5.73 Å². The van der Waals surface area contributed by atoms with Gasteiger partial charge in [0.25, 0.3) is 0 Å². The smallest absolute Gasteiger partial charge is 0.0624 e. The summed E-state index contributed by atoms with van der Waals surface area (Å²) in [6.07, 6.45) is 1.94. The normalized spacial score (nSPS) is 13.0. The van der Waals surface area contributed by atoms with Crippen molar-refractivity contribution >= 4 is 11.8 Å². The molecule has 0 amide bonds. The highest BCUT2D eigenvalue weighted by molar-refractivity contribution is 7.99. The van der Waals surface area contributed by atoms with Gasteiger partial charge in [-0.25, -0.2) is 0 Å². The highest BCUT2D eigenvalue weighted by Gasteiger charge is 2.10. The van der Waals surface area contributed by atoms with Gasteiger partial charge in [0, 0.05) is 30.5 Å². The first-order valence-electron chi connectivity index (χ1n) is 6.10. The van der Waals surface area contributed by atoms with Crippen LogP contribution in [0.5, 0.6) is 0 Å². The zero-order valence-corrected chi connectivity index (χ0v) is 11.4. The van der Waals surface area contributed by atoms with E-state index in [-0.39, 0.29) is 6.04 Å². The van der Waals surface area contributed by atoms with Crippen molar-refractivity contribution in [2.24, 2.45) is 5.73 Å². The molecule has 1 aromatic rings. The second kappa shape index (κ2) is 6.97. The summed E-state index contributed by atoms with van der Waals surface area (Å²) in [7, 11) is 0. The van der Waals surface area contributed by atoms with Crippen molar-refractivity contribution in [1.82, 2.24) is 9.78 Å². The van der Waals surface area contributed by atoms with Crippen molar-refractivity contribution in [3.8, 4) is 0 Å². The Bertz CT molecular complexity index is 309. The highest BCUT2D eigenvalue weighted by atomic mass is 32.2. The number of aryl methyl sites for hydroxylation is 2. The van der Waals surface area contributed by atoms with E-state index < -0.39 is 0 Å². The quantitative estimate of drug-likeness (QED) is 0.795. The average Bonchev–Trinajstić information content (AvgIpc) is 2.68. The van der Waals surface area contributed by atoms with E-state index >= 15 is 0 Å². The van der Waals surface area contributed by atoms with Crippen LogP contribution in [-0.2, 0) is 19.4 Å². The SMILES string of the molecule is CCSCC(N)Cc1cc(CC)nn1CC. The van der Waals surface area contributed by atoms with Gasteiger partial charge in [0.1, 0.15) is 0 Å². The highest BCUT2D eigenvalue weighted by Crippen LogP contribution is 2.10. The number of nitrogens with two attached hydrogens (primary N) is 1. The zero-order valence-electron chi connectivity index (χ0n) is 10.6. The van der Waals surface area contributed by atoms with Crippen molar-refractivity contribution in [3.05, 3.63) is 17.5 Å². The molecule has 1 rings (SSSR count). The first kappa shape index (κ1) is 13.6. The molecule has 1 heterocycles. The fourth-order valence-electron chi connectivity index (χ4n) is 1.72. The molecule has 0 aliphatic heterocycles. The van der Waals surface area contributed by atoms with Gasteiger partial charge in [-0.15, -0.1) is 0 Å². The number of aromatic nitrogens is 2. The number of thioether (sulfide) groups is 1. The van der Waals surface area contributed by atoms with E-state index in [4.69, 9.17) is 5.73 Å². The first-order chi connectivity index (χ1) is 7.71. The lowest BCUT2D eigenvalue weighted by molar-refractivity contribution is 0.592. The monoisotopic (exact) mass is 241 g/mol. The lowest BCUT2D eigenvalue weighted by Gasteiger charge is -2.11. The molecule has 0 aromatic carbocycles. The van der Waals surface area contributed by atoms with Crippen LogP contribution in [-0.4, -0.2) is 27.3 Å². The number of rotatable bonds is 7. The Balaban J connectivity index is 2.60. The fraction of sp³-hybridized carbons (Fsp3) is 0.750. The fourth-order valence-corrected chi connectivity index (χ4v) is 2.38. The average molecular weight is 241 g/mol. The molecule has 4 heteroatoms. The van der Waals surface area contributed by atoms with Crippen LogP contribution in [0.4, 0.5) is 0 Å². The van der Waals surface area contributed by atoms with Crippen LogP contribution in [0.25, 0.3) is 0 Å². The van der Waals surface area contributed by atoms with Gasteiger partial charge in [-0.05, 0) is 25.2 Å². The van der Waals surface area contributed by atoms with Gasteiger partial charge in [-0.3, -0.25) is 4.68 Å². The van der Waals surface area contributed by atoms with Crippen LogP contribution in [0.2, 0.25) is 0 Å². The molecule has 1 unspecified atom stereocenters. The Morgan fingerprint density at radius 2 is 2.19 bits per heavy atom. The molecule has 0 aliphatic carbocycles. The van der Waals surface area contributed by atoms with Crippen molar-refractivity contribution in [2.75, 3.05) is 11.5 Å². The third-order valence-electron chi connectivity index (χ3n) is 2.58. The van der Waals surface area contributed by atoms with E-state index in [1.165, 1.54) is 11.4 Å². The molecule has 0 saturated heterocycles. The van der Waals surface area contributed by atoms with Crippen LogP contribution >= 0.6 is 11.8 Å². The predicted molar refractivity (Wildman–Crippen MR) is 72.0 cm³/mol. The Labute approximate surface area is 103 Å². The number of nitrogens with zero attached hydrogens (tertiary/aromatic N) is 2. The largest absolute Gasteiger partial charge is 0.327 e. The summed E-state index contributed by atoms with van der Waals surface area (Å²) in [4.78, 5) is 0. The standard InChI is InChI=1S/C12H23N3S/c1-4-11-8-12(15(5-2)14-11)7-10(13)9-16-6-3/h8,10H,4-7,9,13H2,1-3H3. The van der Waals surface area contributed by atoms with Crippen molar-refractivity contribution < 1.29 is 0 Å². The van der Waals surface area contributed by atoms with Crippen LogP contribution in [0.3, 0.4) is 0 Å². The molecule has 0 saturated carbocycles. The summed E-state index contributed by atoms with van der Waals surface area (Å²) in [5, 5.41) is 4.53. The van der Waals surface area contributed by atoms with E-state index in [9.17, 15) is 0 Å². The van der Waals surface area contributed by atoms with Crippen LogP contribution in [0, 0.1) is 0 Å². The zero-order chi connectivity index (χ0) is 12.0. The molecule has 0 radical (unpaired) electrons. The molecular formula is C12H23N3S. The van der Waals surface area contributed by atoms with Crippen LogP contribution in [0.15, 0.2) is 6.07 Å². The molecule has 3 nitrogen and oxygen atoms in total. The van der Waals surface area contributed by atoms with Gasteiger partial charge in [0.05, 0.1) is 5.69 Å². The van der Waals surface area contributed by atoms with Gasteiger partial charge in [0.2, 0.25) is 0 Å². The molecule has 0 fully saturated rings. The Morgan fingerprint density at radius 3 is 2.75 bits per heavy atom. The lowest BCUT2D eigenvalue weighted by atomic mass is 10.2. The van der Waals surface area contributed by atoms with E-state index in [0.29, 0.717) is 0 Å². The summed E-state index contributed by atoms with van der Waals surface area (Å²) in [5.74, 6) is 2.17. The summed E-state index contributed by atoms with van der Waals surface area (Å²) in [6, 6.07) is 2.44. The van der Waals surface area contributed by atoms with Gasteiger partial charge < -0.3 is 5.73 Å². The molecule has 2 N–H and O–H groups in total. The molecule has 1 atom stereocenters.